The van der Waals surface area contributed by atoms with Crippen molar-refractivity contribution >= 4 is 23.5 Å². The molecule has 3 fully saturated rings. The molecule has 2 unspecified atom stereocenters. The van der Waals surface area contributed by atoms with Crippen molar-refractivity contribution in [3.63, 3.8) is 0 Å². The number of rotatable bonds is 6. The molecule has 0 spiro atoms. The number of nitrogens with one attached hydrogen (secondary N) is 5. The van der Waals surface area contributed by atoms with E-state index in [-0.39, 0.29) is 35.7 Å². The summed E-state index contributed by atoms with van der Waals surface area (Å²) in [5.41, 5.74) is 0. The molecule has 0 bridgehead atoms. The molecule has 0 aromatic carbocycles. The second-order valence-electron chi connectivity index (χ2n) is 10.8. The number of hydrogen-bond donors (Lipinski definition) is 5. The third-order valence-corrected chi connectivity index (χ3v) is 8.41. The molecule has 0 radical (unpaired) electrons. The standard InChI is InChI=1S/C25H41N7O2/c33-24(31-20-5-1-16(2-6-20)22-27-9-10-28-22)18-13-19(15-26-14-18)25(34)32-21-7-3-17(4-8-21)23-29-11-12-30-23/h16-21,26H,1-15H2,(H,27,28)(H,29,30)(H,31,33)(H,32,34). The third kappa shape index (κ3) is 5.73. The largest absolute Gasteiger partial charge is 0.372 e. The quantitative estimate of drug-likeness (QED) is 0.388. The van der Waals surface area contributed by atoms with Crippen LogP contribution in [-0.4, -0.2) is 74.8 Å². The molecule has 2 atom stereocenters. The van der Waals surface area contributed by atoms with E-state index in [1.807, 2.05) is 0 Å². The molecule has 0 aromatic rings. The van der Waals surface area contributed by atoms with Gasteiger partial charge in [-0.05, 0) is 57.8 Å². The normalized spacial score (nSPS) is 36.0. The molecular weight excluding hydrogens is 430 g/mol. The summed E-state index contributed by atoms with van der Waals surface area (Å²) in [6.45, 7) is 5.03. The summed E-state index contributed by atoms with van der Waals surface area (Å²) in [6, 6.07) is 0.489. The van der Waals surface area contributed by atoms with Gasteiger partial charge in [-0.3, -0.25) is 19.6 Å². The van der Waals surface area contributed by atoms with E-state index < -0.39 is 0 Å². The minimum atomic E-state index is -0.134. The van der Waals surface area contributed by atoms with Gasteiger partial charge in [-0.25, -0.2) is 0 Å². The Balaban J connectivity index is 1.03. The van der Waals surface area contributed by atoms with Crippen LogP contribution in [0, 0.1) is 23.7 Å². The van der Waals surface area contributed by atoms with Crippen molar-refractivity contribution in [2.75, 3.05) is 39.3 Å². The molecule has 3 aliphatic heterocycles. The molecule has 0 aromatic heterocycles. The first-order chi connectivity index (χ1) is 16.7. The van der Waals surface area contributed by atoms with E-state index in [1.54, 1.807) is 0 Å². The van der Waals surface area contributed by atoms with E-state index in [4.69, 9.17) is 0 Å². The Hall–Kier alpha value is -2.16. The summed E-state index contributed by atoms with van der Waals surface area (Å²) in [7, 11) is 0. The number of nitrogens with zero attached hydrogens (tertiary/aromatic N) is 2. The number of amides is 2. The Labute approximate surface area is 202 Å². The van der Waals surface area contributed by atoms with Crippen molar-refractivity contribution in [3.8, 4) is 0 Å². The fourth-order valence-electron chi connectivity index (χ4n) is 6.38. The molecule has 1 saturated heterocycles. The monoisotopic (exact) mass is 471 g/mol. The first-order valence-corrected chi connectivity index (χ1v) is 13.5. The average Bonchev–Trinajstić information content (AvgIpc) is 3.60. The summed E-state index contributed by atoms with van der Waals surface area (Å²) in [4.78, 5) is 35.1. The Kier molecular flexibility index (Phi) is 7.67. The minimum absolute atomic E-state index is 0.107. The van der Waals surface area contributed by atoms with Crippen LogP contribution in [0.1, 0.15) is 57.8 Å². The highest BCUT2D eigenvalue weighted by molar-refractivity contribution is 5.87. The van der Waals surface area contributed by atoms with Gasteiger partial charge >= 0.3 is 0 Å². The van der Waals surface area contributed by atoms with E-state index in [1.165, 1.54) is 11.7 Å². The zero-order valence-corrected chi connectivity index (χ0v) is 20.3. The van der Waals surface area contributed by atoms with Crippen LogP contribution in [-0.2, 0) is 9.59 Å². The van der Waals surface area contributed by atoms with Crippen molar-refractivity contribution in [2.24, 2.45) is 33.7 Å². The van der Waals surface area contributed by atoms with Crippen LogP contribution in [0.25, 0.3) is 0 Å². The van der Waals surface area contributed by atoms with Crippen molar-refractivity contribution in [1.29, 1.82) is 0 Å². The lowest BCUT2D eigenvalue weighted by atomic mass is 9.83. The van der Waals surface area contributed by atoms with Crippen molar-refractivity contribution in [1.82, 2.24) is 26.6 Å². The summed E-state index contributed by atoms with van der Waals surface area (Å²) in [5.74, 6) is 3.34. The molecule has 5 aliphatic rings. The van der Waals surface area contributed by atoms with Gasteiger partial charge < -0.3 is 26.6 Å². The molecule has 9 heteroatoms. The van der Waals surface area contributed by atoms with E-state index in [2.05, 4.69) is 36.6 Å². The van der Waals surface area contributed by atoms with E-state index in [0.29, 0.717) is 31.3 Å². The highest BCUT2D eigenvalue weighted by Gasteiger charge is 2.35. The second-order valence-corrected chi connectivity index (χ2v) is 10.8. The van der Waals surface area contributed by atoms with Gasteiger partial charge in [0.25, 0.3) is 0 Å². The number of carbonyl (C=O) groups is 2. The van der Waals surface area contributed by atoms with E-state index >= 15 is 0 Å². The minimum Gasteiger partial charge on any atom is -0.372 e. The number of hydrogen-bond acceptors (Lipinski definition) is 7. The Bertz CT molecular complexity index is 733. The number of piperidine rings is 1. The maximum Gasteiger partial charge on any atom is 0.224 e. The second kappa shape index (κ2) is 11.1. The van der Waals surface area contributed by atoms with Gasteiger partial charge in [-0.2, -0.15) is 0 Å². The molecule has 188 valence electrons. The van der Waals surface area contributed by atoms with Crippen LogP contribution in [0.2, 0.25) is 0 Å². The van der Waals surface area contributed by atoms with Gasteiger partial charge in [-0.1, -0.05) is 0 Å². The Morgan fingerprint density at radius 1 is 0.676 bits per heavy atom. The lowest BCUT2D eigenvalue weighted by Gasteiger charge is -2.34. The van der Waals surface area contributed by atoms with Gasteiger partial charge in [-0.15, -0.1) is 0 Å². The van der Waals surface area contributed by atoms with Gasteiger partial charge in [0.1, 0.15) is 0 Å². The average molecular weight is 472 g/mol. The number of carbonyl (C=O) groups excluding carboxylic acids is 2. The van der Waals surface area contributed by atoms with Gasteiger partial charge in [0.2, 0.25) is 11.8 Å². The lowest BCUT2D eigenvalue weighted by molar-refractivity contribution is -0.130. The van der Waals surface area contributed by atoms with Crippen LogP contribution in [0.4, 0.5) is 0 Å². The fourth-order valence-corrected chi connectivity index (χ4v) is 6.38. The van der Waals surface area contributed by atoms with Crippen LogP contribution in [0.5, 0.6) is 0 Å². The number of amidine groups is 2. The third-order valence-electron chi connectivity index (χ3n) is 8.41. The lowest BCUT2D eigenvalue weighted by Crippen LogP contribution is -2.51. The smallest absolute Gasteiger partial charge is 0.224 e. The molecule has 3 heterocycles. The predicted molar refractivity (Wildman–Crippen MR) is 133 cm³/mol. The van der Waals surface area contributed by atoms with Crippen molar-refractivity contribution < 1.29 is 9.59 Å². The topological polar surface area (TPSA) is 119 Å². The van der Waals surface area contributed by atoms with Crippen molar-refractivity contribution in [2.45, 2.75) is 69.9 Å². The van der Waals surface area contributed by atoms with Crippen molar-refractivity contribution in [3.05, 3.63) is 0 Å². The van der Waals surface area contributed by atoms with Gasteiger partial charge in [0, 0.05) is 50.1 Å². The molecule has 5 N–H and O–H groups in total. The Morgan fingerprint density at radius 2 is 1.12 bits per heavy atom. The molecule has 2 amide bonds. The van der Waals surface area contributed by atoms with Crippen LogP contribution in [0.15, 0.2) is 9.98 Å². The molecule has 2 saturated carbocycles. The maximum absolute atomic E-state index is 13.0. The van der Waals surface area contributed by atoms with Gasteiger partial charge in [0.05, 0.1) is 36.6 Å². The SMILES string of the molecule is O=C(NC1CCC(C2=NCCN2)CC1)C1CNCC(C(=O)NC2CCC(C3=NCCN3)CC2)C1. The highest BCUT2D eigenvalue weighted by atomic mass is 16.2. The molecule has 34 heavy (non-hydrogen) atoms. The van der Waals surface area contributed by atoms with Crippen LogP contribution >= 0.6 is 0 Å². The summed E-state index contributed by atoms with van der Waals surface area (Å²) in [5, 5.41) is 16.7. The van der Waals surface area contributed by atoms with Gasteiger partial charge in [0.15, 0.2) is 0 Å². The maximum atomic E-state index is 13.0. The first kappa shape index (κ1) is 23.6. The van der Waals surface area contributed by atoms with E-state index in [0.717, 1.165) is 77.5 Å². The summed E-state index contributed by atoms with van der Waals surface area (Å²) in [6.07, 6.45) is 8.98. The van der Waals surface area contributed by atoms with Crippen LogP contribution in [0.3, 0.4) is 0 Å². The molecule has 2 aliphatic carbocycles. The fraction of sp³-hybridized carbons (Fsp3) is 0.840. The zero-order chi connectivity index (χ0) is 23.3. The van der Waals surface area contributed by atoms with E-state index in [9.17, 15) is 9.59 Å². The predicted octanol–water partition coefficient (Wildman–Crippen LogP) is 0.566. The first-order valence-electron chi connectivity index (χ1n) is 13.5. The summed E-state index contributed by atoms with van der Waals surface area (Å²) < 4.78 is 0. The highest BCUT2D eigenvalue weighted by Crippen LogP contribution is 2.28. The molecular formula is C25H41N7O2. The molecule has 5 rings (SSSR count). The summed E-state index contributed by atoms with van der Waals surface area (Å²) >= 11 is 0. The zero-order valence-electron chi connectivity index (χ0n) is 20.3. The van der Waals surface area contributed by atoms with Crippen LogP contribution < -0.4 is 26.6 Å². The molecule has 9 nitrogen and oxygen atoms in total. The Morgan fingerprint density at radius 3 is 1.50 bits per heavy atom. The number of aliphatic imine (C=N–C) groups is 2.